The molecule has 5 heteroatoms. The first-order valence-electron chi connectivity index (χ1n) is 11.2. The Morgan fingerprint density at radius 2 is 1.13 bits per heavy atom. The van der Waals surface area contributed by atoms with Crippen LogP contribution < -0.4 is 5.32 Å². The maximum Gasteiger partial charge on any atom is 0.314 e. The Kier molecular flexibility index (Phi) is 7.72. The van der Waals surface area contributed by atoms with Crippen LogP contribution in [0.25, 0.3) is 0 Å². The van der Waals surface area contributed by atoms with E-state index in [1.165, 1.54) is 0 Å². The molecule has 0 fully saturated rings. The second kappa shape index (κ2) is 10.5. The lowest BCUT2D eigenvalue weighted by molar-refractivity contribution is -0.154. The van der Waals surface area contributed by atoms with Gasteiger partial charge in [0.05, 0.1) is 13.2 Å². The van der Waals surface area contributed by atoms with Gasteiger partial charge in [-0.3, -0.25) is 9.59 Å². The second-order valence-corrected chi connectivity index (χ2v) is 8.95. The quantitative estimate of drug-likeness (QED) is 0.545. The molecule has 2 atom stereocenters. The Balaban J connectivity index is 2.00. The molecule has 2 unspecified atom stereocenters. The molecule has 1 N–H and O–H groups in total. The molecular weight excluding hydrogens is 390 g/mol. The molecule has 31 heavy (non-hydrogen) atoms. The highest BCUT2D eigenvalue weighted by molar-refractivity contribution is 5.94. The van der Waals surface area contributed by atoms with Gasteiger partial charge in [0.15, 0.2) is 0 Å². The molecule has 0 radical (unpaired) electrons. The highest BCUT2D eigenvalue weighted by Gasteiger charge is 2.42. The minimum absolute atomic E-state index is 0.333. The second-order valence-electron chi connectivity index (χ2n) is 8.95. The van der Waals surface area contributed by atoms with Gasteiger partial charge in [0.2, 0.25) is 0 Å². The van der Waals surface area contributed by atoms with Gasteiger partial charge < -0.3 is 14.8 Å². The fourth-order valence-electron chi connectivity index (χ4n) is 3.76. The van der Waals surface area contributed by atoms with Crippen molar-refractivity contribution in [3.8, 4) is 0 Å². The number of benzene rings is 2. The van der Waals surface area contributed by atoms with Crippen molar-refractivity contribution in [1.82, 2.24) is 0 Å². The summed E-state index contributed by atoms with van der Waals surface area (Å²) in [5, 5.41) is 3.41. The van der Waals surface area contributed by atoms with E-state index in [1.54, 1.807) is 0 Å². The van der Waals surface area contributed by atoms with Crippen molar-refractivity contribution in [1.29, 1.82) is 0 Å². The van der Waals surface area contributed by atoms with Crippen LogP contribution in [0.4, 0.5) is 11.4 Å². The van der Waals surface area contributed by atoms with E-state index in [9.17, 15) is 9.59 Å². The molecule has 0 saturated heterocycles. The third kappa shape index (κ3) is 5.66. The number of carbonyl (C=O) groups is 2. The van der Waals surface area contributed by atoms with Gasteiger partial charge in [0, 0.05) is 11.4 Å². The summed E-state index contributed by atoms with van der Waals surface area (Å²) in [6, 6.07) is 15.2. The third-order valence-electron chi connectivity index (χ3n) is 5.58. The maximum atomic E-state index is 13.3. The molecule has 2 aromatic carbocycles. The van der Waals surface area contributed by atoms with Gasteiger partial charge >= 0.3 is 11.9 Å². The standard InChI is InChI=1S/C26H33NO4/c1-17(2)13-15-30-25(28)23-19-9-5-7-11-21(19)27-22-12-8-6-10-20(22)24(23)26(29)31-16-14-18(3)4/h5-12,17-18,23-24,27H,13-16H2,1-4H3. The van der Waals surface area contributed by atoms with Gasteiger partial charge in [-0.05, 0) is 47.9 Å². The van der Waals surface area contributed by atoms with E-state index in [0.29, 0.717) is 25.0 Å². The van der Waals surface area contributed by atoms with Gasteiger partial charge in [0.1, 0.15) is 11.8 Å². The van der Waals surface area contributed by atoms with Gasteiger partial charge in [-0.2, -0.15) is 0 Å². The number of ether oxygens (including phenoxy) is 2. The first kappa shape index (κ1) is 22.9. The van der Waals surface area contributed by atoms with Gasteiger partial charge in [-0.15, -0.1) is 0 Å². The predicted molar refractivity (Wildman–Crippen MR) is 122 cm³/mol. The molecule has 5 nitrogen and oxygen atoms in total. The largest absolute Gasteiger partial charge is 0.465 e. The van der Waals surface area contributed by atoms with Crippen molar-refractivity contribution in [2.75, 3.05) is 18.5 Å². The van der Waals surface area contributed by atoms with Crippen molar-refractivity contribution in [2.24, 2.45) is 11.8 Å². The minimum atomic E-state index is -0.772. The molecule has 0 bridgehead atoms. The number of carbonyl (C=O) groups excluding carboxylic acids is 2. The molecule has 1 aliphatic rings. The summed E-state index contributed by atoms with van der Waals surface area (Å²) in [7, 11) is 0. The number of fused-ring (bicyclic) bond motifs is 2. The average molecular weight is 424 g/mol. The molecule has 1 aliphatic heterocycles. The summed E-state index contributed by atoms with van der Waals surface area (Å²) in [6.07, 6.45) is 1.55. The normalized spacial score (nSPS) is 17.4. The van der Waals surface area contributed by atoms with Crippen molar-refractivity contribution in [3.05, 3.63) is 59.7 Å². The summed E-state index contributed by atoms with van der Waals surface area (Å²) in [4.78, 5) is 26.7. The van der Waals surface area contributed by atoms with Crippen LogP contribution in [0.3, 0.4) is 0 Å². The molecule has 2 aromatic rings. The van der Waals surface area contributed by atoms with Crippen molar-refractivity contribution in [2.45, 2.75) is 52.4 Å². The SMILES string of the molecule is CC(C)CCOC(=O)C1c2ccccc2Nc2ccccc2C1C(=O)OCCC(C)C. The number of para-hydroxylation sites is 2. The van der Waals surface area contributed by atoms with E-state index in [-0.39, 0.29) is 0 Å². The van der Waals surface area contributed by atoms with E-state index < -0.39 is 23.8 Å². The molecule has 0 amide bonds. The monoisotopic (exact) mass is 423 g/mol. The van der Waals surface area contributed by atoms with Crippen LogP contribution in [0.1, 0.15) is 63.5 Å². The van der Waals surface area contributed by atoms with E-state index in [0.717, 1.165) is 35.3 Å². The Bertz CT molecular complexity index is 832. The molecule has 0 aliphatic carbocycles. The third-order valence-corrected chi connectivity index (χ3v) is 5.58. The first-order valence-corrected chi connectivity index (χ1v) is 11.2. The highest BCUT2D eigenvalue weighted by atomic mass is 16.5. The minimum Gasteiger partial charge on any atom is -0.465 e. The van der Waals surface area contributed by atoms with Gasteiger partial charge in [-0.25, -0.2) is 0 Å². The summed E-state index contributed by atoms with van der Waals surface area (Å²) in [5.41, 5.74) is 3.11. The molecule has 1 heterocycles. The zero-order chi connectivity index (χ0) is 22.4. The van der Waals surface area contributed by atoms with Crippen molar-refractivity contribution < 1.29 is 19.1 Å². The van der Waals surface area contributed by atoms with Crippen LogP contribution >= 0.6 is 0 Å². The smallest absolute Gasteiger partial charge is 0.314 e. The average Bonchev–Trinajstić information content (AvgIpc) is 2.87. The number of hydrogen-bond acceptors (Lipinski definition) is 5. The predicted octanol–water partition coefficient (Wildman–Crippen LogP) is 5.79. The fraction of sp³-hybridized carbons (Fsp3) is 0.462. The molecule has 0 aromatic heterocycles. The zero-order valence-electron chi connectivity index (χ0n) is 18.9. The van der Waals surface area contributed by atoms with E-state index in [2.05, 4.69) is 33.0 Å². The maximum absolute atomic E-state index is 13.3. The van der Waals surface area contributed by atoms with Gasteiger partial charge in [-0.1, -0.05) is 64.1 Å². The number of rotatable bonds is 8. The molecule has 0 spiro atoms. The summed E-state index contributed by atoms with van der Waals surface area (Å²) >= 11 is 0. The lowest BCUT2D eigenvalue weighted by Crippen LogP contribution is -2.29. The van der Waals surface area contributed by atoms with E-state index in [1.807, 2.05) is 48.5 Å². The number of hydrogen-bond donors (Lipinski definition) is 1. The summed E-state index contributed by atoms with van der Waals surface area (Å²) in [6.45, 7) is 9.01. The Morgan fingerprint density at radius 1 is 0.742 bits per heavy atom. The Labute approximate surface area is 185 Å². The number of esters is 2. The number of anilines is 2. The zero-order valence-corrected chi connectivity index (χ0v) is 18.9. The van der Waals surface area contributed by atoms with E-state index in [4.69, 9.17) is 9.47 Å². The van der Waals surface area contributed by atoms with Crippen LogP contribution in [-0.2, 0) is 19.1 Å². The molecule has 0 saturated carbocycles. The first-order chi connectivity index (χ1) is 14.9. The van der Waals surface area contributed by atoms with Gasteiger partial charge in [0.25, 0.3) is 0 Å². The Hall–Kier alpha value is -2.82. The molecule has 3 rings (SSSR count). The Morgan fingerprint density at radius 3 is 1.52 bits per heavy atom. The summed E-state index contributed by atoms with van der Waals surface area (Å²) < 4.78 is 11.3. The number of nitrogens with one attached hydrogen (secondary N) is 1. The van der Waals surface area contributed by atoms with E-state index >= 15 is 0 Å². The summed E-state index contributed by atoms with van der Waals surface area (Å²) in [5.74, 6) is -1.48. The lowest BCUT2D eigenvalue weighted by atomic mass is 9.81. The molecular formula is C26H33NO4. The highest BCUT2D eigenvalue weighted by Crippen LogP contribution is 2.45. The van der Waals surface area contributed by atoms with Crippen LogP contribution in [0.2, 0.25) is 0 Å². The van der Waals surface area contributed by atoms with Crippen molar-refractivity contribution in [3.63, 3.8) is 0 Å². The van der Waals surface area contributed by atoms with Crippen molar-refractivity contribution >= 4 is 23.3 Å². The topological polar surface area (TPSA) is 64.6 Å². The lowest BCUT2D eigenvalue weighted by Gasteiger charge is -2.25. The van der Waals surface area contributed by atoms with Crippen LogP contribution in [0.5, 0.6) is 0 Å². The fourth-order valence-corrected chi connectivity index (χ4v) is 3.76. The molecule has 166 valence electrons. The van der Waals surface area contributed by atoms with Crippen LogP contribution in [-0.4, -0.2) is 25.2 Å². The van der Waals surface area contributed by atoms with Crippen LogP contribution in [0.15, 0.2) is 48.5 Å². The van der Waals surface area contributed by atoms with Crippen LogP contribution in [0, 0.1) is 11.8 Å².